The summed E-state index contributed by atoms with van der Waals surface area (Å²) in [5.74, 6) is 5.10. The van der Waals surface area contributed by atoms with Crippen LogP contribution in [0.5, 0.6) is 0 Å². The van der Waals surface area contributed by atoms with Gasteiger partial charge in [0.1, 0.15) is 0 Å². The van der Waals surface area contributed by atoms with Crippen LogP contribution >= 0.6 is 0 Å². The minimum absolute atomic E-state index is 0.315. The molecule has 82 valence electrons. The Bertz CT molecular complexity index is 364. The van der Waals surface area contributed by atoms with Gasteiger partial charge >= 0.3 is 6.03 Å². The second-order valence-electron chi connectivity index (χ2n) is 3.76. The van der Waals surface area contributed by atoms with Crippen molar-refractivity contribution >= 4 is 11.7 Å². The van der Waals surface area contributed by atoms with E-state index in [1.54, 1.807) is 7.05 Å². The van der Waals surface area contributed by atoms with Gasteiger partial charge in [-0.25, -0.2) is 10.6 Å². The molecule has 0 heterocycles. The van der Waals surface area contributed by atoms with Crippen molar-refractivity contribution in [3.63, 3.8) is 0 Å². The van der Waals surface area contributed by atoms with Crippen molar-refractivity contribution in [3.05, 3.63) is 28.8 Å². The summed E-state index contributed by atoms with van der Waals surface area (Å²) >= 11 is 0. The molecule has 4 nitrogen and oxygen atoms in total. The molecular formula is C11H17N3O. The number of rotatable bonds is 1. The summed E-state index contributed by atoms with van der Waals surface area (Å²) in [5.41, 5.74) is 6.35. The fraction of sp³-hybridized carbons (Fsp3) is 0.364. The molecule has 0 bridgehead atoms. The van der Waals surface area contributed by atoms with Crippen molar-refractivity contribution < 1.29 is 4.79 Å². The molecule has 0 unspecified atom stereocenters. The maximum atomic E-state index is 11.4. The van der Waals surface area contributed by atoms with Crippen molar-refractivity contribution in [2.45, 2.75) is 20.8 Å². The lowest BCUT2D eigenvalue weighted by Gasteiger charge is -2.21. The predicted octanol–water partition coefficient (Wildman–Crippen LogP) is 1.63. The Morgan fingerprint density at radius 1 is 1.27 bits per heavy atom. The van der Waals surface area contributed by atoms with Gasteiger partial charge in [-0.05, 0) is 31.9 Å². The number of hydrogen-bond donors (Lipinski definition) is 2. The number of carbonyl (C=O) groups is 1. The molecule has 0 aliphatic heterocycles. The fourth-order valence-corrected chi connectivity index (χ4v) is 1.90. The largest absolute Gasteiger partial charge is 0.335 e. The van der Waals surface area contributed by atoms with E-state index in [-0.39, 0.29) is 6.03 Å². The van der Waals surface area contributed by atoms with E-state index in [2.05, 4.69) is 5.43 Å². The van der Waals surface area contributed by atoms with Crippen LogP contribution in [0.3, 0.4) is 0 Å². The van der Waals surface area contributed by atoms with Gasteiger partial charge in [0, 0.05) is 7.05 Å². The average Bonchev–Trinajstić information content (AvgIpc) is 2.14. The molecule has 1 aromatic carbocycles. The summed E-state index contributed by atoms with van der Waals surface area (Å²) in [5, 5.41) is 0. The number of nitrogens with zero attached hydrogens (tertiary/aromatic N) is 1. The maximum absolute atomic E-state index is 11.4. The van der Waals surface area contributed by atoms with E-state index in [0.29, 0.717) is 0 Å². The van der Waals surface area contributed by atoms with Gasteiger partial charge in [0.15, 0.2) is 0 Å². The number of benzene rings is 1. The van der Waals surface area contributed by atoms with Gasteiger partial charge in [-0.15, -0.1) is 0 Å². The lowest BCUT2D eigenvalue weighted by Crippen LogP contribution is -2.41. The minimum atomic E-state index is -0.315. The zero-order valence-corrected chi connectivity index (χ0v) is 9.59. The Morgan fingerprint density at radius 2 is 1.73 bits per heavy atom. The number of urea groups is 1. The Kier molecular flexibility index (Phi) is 3.31. The number of hydrogen-bond acceptors (Lipinski definition) is 2. The van der Waals surface area contributed by atoms with Crippen molar-refractivity contribution in [1.29, 1.82) is 0 Å². The van der Waals surface area contributed by atoms with Crippen LogP contribution in [-0.2, 0) is 0 Å². The van der Waals surface area contributed by atoms with Gasteiger partial charge in [0.2, 0.25) is 0 Å². The molecule has 0 spiro atoms. The first-order valence-corrected chi connectivity index (χ1v) is 4.79. The zero-order valence-electron chi connectivity index (χ0n) is 9.59. The van der Waals surface area contributed by atoms with Gasteiger partial charge in [0.05, 0.1) is 5.69 Å². The Labute approximate surface area is 90.0 Å². The lowest BCUT2D eigenvalue weighted by molar-refractivity contribution is 0.247. The molecule has 0 aromatic heterocycles. The van der Waals surface area contributed by atoms with E-state index in [0.717, 1.165) is 16.8 Å². The number of anilines is 1. The normalized spacial score (nSPS) is 9.93. The molecule has 0 fully saturated rings. The fourth-order valence-electron chi connectivity index (χ4n) is 1.90. The van der Waals surface area contributed by atoms with Crippen LogP contribution in [0.15, 0.2) is 12.1 Å². The molecule has 1 rings (SSSR count). The third-order valence-corrected chi connectivity index (χ3v) is 2.40. The van der Waals surface area contributed by atoms with Crippen LogP contribution in [0, 0.1) is 20.8 Å². The van der Waals surface area contributed by atoms with Crippen molar-refractivity contribution in [3.8, 4) is 0 Å². The van der Waals surface area contributed by atoms with Crippen LogP contribution in [0.1, 0.15) is 16.7 Å². The highest BCUT2D eigenvalue weighted by Crippen LogP contribution is 2.25. The summed E-state index contributed by atoms with van der Waals surface area (Å²) in [4.78, 5) is 12.9. The molecule has 3 N–H and O–H groups in total. The summed E-state index contributed by atoms with van der Waals surface area (Å²) in [7, 11) is 1.70. The molecular weight excluding hydrogens is 190 g/mol. The van der Waals surface area contributed by atoms with E-state index in [4.69, 9.17) is 5.84 Å². The Balaban J connectivity index is 3.19. The Hall–Kier alpha value is -1.55. The molecule has 0 saturated heterocycles. The molecule has 0 aliphatic carbocycles. The molecule has 4 heteroatoms. The highest BCUT2D eigenvalue weighted by molar-refractivity contribution is 5.92. The first kappa shape index (κ1) is 11.5. The second-order valence-corrected chi connectivity index (χ2v) is 3.76. The first-order chi connectivity index (χ1) is 6.97. The molecule has 2 amide bonds. The lowest BCUT2D eigenvalue weighted by atomic mass is 10.0. The Morgan fingerprint density at radius 3 is 2.13 bits per heavy atom. The summed E-state index contributed by atoms with van der Waals surface area (Å²) in [6, 6.07) is 3.77. The van der Waals surface area contributed by atoms with E-state index in [9.17, 15) is 4.79 Å². The summed E-state index contributed by atoms with van der Waals surface area (Å²) in [6.07, 6.45) is 0. The third-order valence-electron chi connectivity index (χ3n) is 2.40. The van der Waals surface area contributed by atoms with Gasteiger partial charge in [-0.2, -0.15) is 0 Å². The van der Waals surface area contributed by atoms with Crippen LogP contribution in [0.4, 0.5) is 10.5 Å². The highest BCUT2D eigenvalue weighted by atomic mass is 16.2. The number of nitrogens with two attached hydrogens (primary N) is 1. The monoisotopic (exact) mass is 207 g/mol. The molecule has 0 radical (unpaired) electrons. The van der Waals surface area contributed by atoms with E-state index in [1.165, 1.54) is 10.5 Å². The third kappa shape index (κ3) is 2.27. The first-order valence-electron chi connectivity index (χ1n) is 4.79. The summed E-state index contributed by atoms with van der Waals surface area (Å²) < 4.78 is 0. The van der Waals surface area contributed by atoms with Gasteiger partial charge in [0.25, 0.3) is 0 Å². The topological polar surface area (TPSA) is 58.4 Å². The number of hydrazine groups is 1. The van der Waals surface area contributed by atoms with Crippen LogP contribution in [0.2, 0.25) is 0 Å². The summed E-state index contributed by atoms with van der Waals surface area (Å²) in [6.45, 7) is 6.00. The van der Waals surface area contributed by atoms with Crippen molar-refractivity contribution in [1.82, 2.24) is 5.43 Å². The molecule has 0 atom stereocenters. The van der Waals surface area contributed by atoms with Gasteiger partial charge < -0.3 is 0 Å². The number of aryl methyl sites for hydroxylation is 3. The van der Waals surface area contributed by atoms with Crippen molar-refractivity contribution in [2.24, 2.45) is 5.84 Å². The molecule has 0 aliphatic rings. The maximum Gasteiger partial charge on any atom is 0.335 e. The van der Waals surface area contributed by atoms with Crippen LogP contribution in [0.25, 0.3) is 0 Å². The van der Waals surface area contributed by atoms with Crippen molar-refractivity contribution in [2.75, 3.05) is 11.9 Å². The second kappa shape index (κ2) is 4.31. The molecule has 1 aromatic rings. The molecule has 0 saturated carbocycles. The van der Waals surface area contributed by atoms with E-state index in [1.807, 2.05) is 32.9 Å². The van der Waals surface area contributed by atoms with Gasteiger partial charge in [-0.3, -0.25) is 10.3 Å². The predicted molar refractivity (Wildman–Crippen MR) is 61.8 cm³/mol. The van der Waals surface area contributed by atoms with Crippen LogP contribution < -0.4 is 16.2 Å². The standard InChI is InChI=1S/C11H17N3O/c1-7-5-8(2)10(9(3)6-7)14(4)11(15)13-12/h5-6H,12H2,1-4H3,(H,13,15). The molecule has 15 heavy (non-hydrogen) atoms. The van der Waals surface area contributed by atoms with Crippen LogP contribution in [-0.4, -0.2) is 13.1 Å². The highest BCUT2D eigenvalue weighted by Gasteiger charge is 2.14. The SMILES string of the molecule is Cc1cc(C)c(N(C)C(=O)NN)c(C)c1. The minimum Gasteiger partial charge on any atom is -0.296 e. The number of carbonyl (C=O) groups excluding carboxylic acids is 1. The number of amides is 2. The number of nitrogens with one attached hydrogen (secondary N) is 1. The van der Waals surface area contributed by atoms with E-state index >= 15 is 0 Å². The smallest absolute Gasteiger partial charge is 0.296 e. The van der Waals surface area contributed by atoms with E-state index < -0.39 is 0 Å². The van der Waals surface area contributed by atoms with Gasteiger partial charge in [-0.1, -0.05) is 17.7 Å². The average molecular weight is 207 g/mol. The zero-order chi connectivity index (χ0) is 11.6. The quantitative estimate of drug-likeness (QED) is 0.418.